The van der Waals surface area contributed by atoms with Crippen LogP contribution in [0, 0.1) is 0 Å². The van der Waals surface area contributed by atoms with E-state index in [-0.39, 0.29) is 56.7 Å². The fourth-order valence-corrected chi connectivity index (χ4v) is 6.34. The first-order valence-electron chi connectivity index (χ1n) is 14.9. The molecule has 0 aliphatic carbocycles. The van der Waals surface area contributed by atoms with E-state index < -0.39 is 6.04 Å². The average molecular weight is 622 g/mol. The maximum atomic E-state index is 13.7. The highest BCUT2D eigenvalue weighted by atomic mass is 32.1. The van der Waals surface area contributed by atoms with E-state index in [0.29, 0.717) is 53.7 Å². The third kappa shape index (κ3) is 7.40. The molecule has 4 bridgehead atoms. The van der Waals surface area contributed by atoms with Crippen LogP contribution < -0.4 is 14.8 Å². The van der Waals surface area contributed by atoms with E-state index in [1.165, 1.54) is 12.0 Å². The molecule has 0 radical (unpaired) electrons. The zero-order chi connectivity index (χ0) is 31.2. The zero-order valence-corrected chi connectivity index (χ0v) is 26.1. The van der Waals surface area contributed by atoms with Gasteiger partial charge in [-0.1, -0.05) is 26.0 Å². The molecule has 11 heteroatoms. The molecule has 0 saturated carbocycles. The van der Waals surface area contributed by atoms with E-state index in [1.807, 2.05) is 35.7 Å². The first-order valence-corrected chi connectivity index (χ1v) is 15.8. The Balaban J connectivity index is 1.44. The summed E-state index contributed by atoms with van der Waals surface area (Å²) in [6, 6.07) is 13.8. The van der Waals surface area contributed by atoms with Crippen LogP contribution in [0.4, 0.5) is 0 Å². The quantitative estimate of drug-likeness (QED) is 0.418. The van der Waals surface area contributed by atoms with E-state index in [0.717, 1.165) is 10.4 Å². The summed E-state index contributed by atoms with van der Waals surface area (Å²) >= 11 is 1.57. The van der Waals surface area contributed by atoms with Crippen molar-refractivity contribution in [2.45, 2.75) is 51.4 Å². The molecule has 2 aliphatic heterocycles. The lowest BCUT2D eigenvalue weighted by molar-refractivity contribution is -0.125. The molecule has 3 heterocycles. The maximum absolute atomic E-state index is 13.7. The molecule has 3 aromatic rings. The van der Waals surface area contributed by atoms with Crippen LogP contribution in [-0.2, 0) is 16.1 Å². The number of fused-ring (bicyclic) bond motifs is 5. The second-order valence-corrected chi connectivity index (χ2v) is 12.3. The Morgan fingerprint density at radius 1 is 1.18 bits per heavy atom. The van der Waals surface area contributed by atoms with E-state index in [2.05, 4.69) is 19.2 Å². The number of piperidine rings is 1. The SMILES string of the molecule is COc1ccc2cc1Oc1cccc(c1)CO[C@H]1CCN(C(=O)c3csc(C(C)C)c3)C[C@@H]1NC(=O)CN(CCCO)C2=O. The molecule has 1 aromatic heterocycles. The van der Waals surface area contributed by atoms with Gasteiger partial charge in [0.2, 0.25) is 5.91 Å². The minimum absolute atomic E-state index is 0.0760. The topological polar surface area (TPSA) is 118 Å². The van der Waals surface area contributed by atoms with Crippen molar-refractivity contribution in [3.05, 3.63) is 75.5 Å². The summed E-state index contributed by atoms with van der Waals surface area (Å²) in [5.74, 6) is 0.870. The first kappa shape index (κ1) is 31.5. The molecule has 2 aromatic carbocycles. The number of benzene rings is 2. The van der Waals surface area contributed by atoms with Gasteiger partial charge in [-0.15, -0.1) is 11.3 Å². The van der Waals surface area contributed by atoms with Crippen LogP contribution in [0.5, 0.6) is 17.2 Å². The number of hydrogen-bond donors (Lipinski definition) is 2. The zero-order valence-electron chi connectivity index (χ0n) is 25.3. The van der Waals surface area contributed by atoms with Gasteiger partial charge >= 0.3 is 0 Å². The van der Waals surface area contributed by atoms with Crippen molar-refractivity contribution in [3.8, 4) is 17.2 Å². The van der Waals surface area contributed by atoms with Gasteiger partial charge in [-0.2, -0.15) is 0 Å². The average Bonchev–Trinajstić information content (AvgIpc) is 3.52. The van der Waals surface area contributed by atoms with E-state index >= 15 is 0 Å². The second-order valence-electron chi connectivity index (χ2n) is 11.4. The van der Waals surface area contributed by atoms with E-state index in [1.54, 1.807) is 34.4 Å². The highest BCUT2D eigenvalue weighted by molar-refractivity contribution is 7.10. The number of amides is 3. The second kappa shape index (κ2) is 14.2. The molecule has 44 heavy (non-hydrogen) atoms. The Morgan fingerprint density at radius 2 is 2.02 bits per heavy atom. The summed E-state index contributed by atoms with van der Waals surface area (Å²) < 4.78 is 18.0. The number of aliphatic hydroxyl groups excluding tert-OH is 1. The van der Waals surface area contributed by atoms with Gasteiger partial charge in [-0.25, -0.2) is 0 Å². The molecule has 5 rings (SSSR count). The number of ether oxygens (including phenoxy) is 3. The number of hydrogen-bond acceptors (Lipinski definition) is 8. The summed E-state index contributed by atoms with van der Waals surface area (Å²) in [6.45, 7) is 5.07. The van der Waals surface area contributed by atoms with Gasteiger partial charge in [-0.3, -0.25) is 14.4 Å². The third-order valence-corrected chi connectivity index (χ3v) is 9.06. The molecule has 1 fully saturated rings. The van der Waals surface area contributed by atoms with Crippen molar-refractivity contribution in [2.75, 3.05) is 39.9 Å². The van der Waals surface area contributed by atoms with Gasteiger partial charge in [0, 0.05) is 42.1 Å². The summed E-state index contributed by atoms with van der Waals surface area (Å²) in [6.07, 6.45) is 0.480. The van der Waals surface area contributed by atoms with Crippen molar-refractivity contribution >= 4 is 29.1 Å². The Bertz CT molecular complexity index is 1490. The molecule has 2 N–H and O–H groups in total. The fourth-order valence-electron chi connectivity index (χ4n) is 5.44. The van der Waals surface area contributed by atoms with Gasteiger partial charge in [0.05, 0.1) is 38.0 Å². The first-order chi connectivity index (χ1) is 21.2. The molecular weight excluding hydrogens is 582 g/mol. The number of methoxy groups -OCH3 is 1. The van der Waals surface area contributed by atoms with Crippen molar-refractivity contribution in [1.29, 1.82) is 0 Å². The van der Waals surface area contributed by atoms with Gasteiger partial charge < -0.3 is 34.4 Å². The van der Waals surface area contributed by atoms with E-state index in [4.69, 9.17) is 14.2 Å². The van der Waals surface area contributed by atoms with Crippen molar-refractivity contribution in [2.24, 2.45) is 0 Å². The van der Waals surface area contributed by atoms with Crippen LogP contribution >= 0.6 is 11.3 Å². The highest BCUT2D eigenvalue weighted by Crippen LogP contribution is 2.34. The number of thiophene rings is 1. The van der Waals surface area contributed by atoms with Crippen LogP contribution in [0.1, 0.15) is 63.8 Å². The summed E-state index contributed by atoms with van der Waals surface area (Å²) in [4.78, 5) is 44.9. The summed E-state index contributed by atoms with van der Waals surface area (Å²) in [7, 11) is 1.52. The third-order valence-electron chi connectivity index (χ3n) is 7.83. The maximum Gasteiger partial charge on any atom is 0.254 e. The number of rotatable bonds is 6. The smallest absolute Gasteiger partial charge is 0.254 e. The predicted octanol–water partition coefficient (Wildman–Crippen LogP) is 4.43. The van der Waals surface area contributed by atoms with Crippen LogP contribution in [-0.4, -0.2) is 84.7 Å². The van der Waals surface area contributed by atoms with Gasteiger partial charge in [-0.05, 0) is 60.7 Å². The van der Waals surface area contributed by atoms with Crippen LogP contribution in [0.2, 0.25) is 0 Å². The van der Waals surface area contributed by atoms with Crippen molar-refractivity contribution in [1.82, 2.24) is 15.1 Å². The summed E-state index contributed by atoms with van der Waals surface area (Å²) in [5, 5.41) is 14.4. The molecular formula is C33H39N3O7S. The molecule has 0 spiro atoms. The largest absolute Gasteiger partial charge is 0.493 e. The number of aliphatic hydroxyl groups is 1. The minimum Gasteiger partial charge on any atom is -0.493 e. The Hall–Kier alpha value is -3.93. The molecule has 2 atom stereocenters. The Labute approximate surface area is 261 Å². The molecule has 10 nitrogen and oxygen atoms in total. The van der Waals surface area contributed by atoms with Crippen molar-refractivity contribution < 1.29 is 33.7 Å². The van der Waals surface area contributed by atoms with Gasteiger partial charge in [0.25, 0.3) is 11.8 Å². The number of carbonyl (C=O) groups is 3. The monoisotopic (exact) mass is 621 g/mol. The molecule has 1 saturated heterocycles. The normalized spacial score (nSPS) is 19.3. The highest BCUT2D eigenvalue weighted by Gasteiger charge is 2.35. The summed E-state index contributed by atoms with van der Waals surface area (Å²) in [5.41, 5.74) is 1.84. The van der Waals surface area contributed by atoms with Crippen LogP contribution in [0.25, 0.3) is 0 Å². The lowest BCUT2D eigenvalue weighted by Gasteiger charge is -2.39. The van der Waals surface area contributed by atoms with Gasteiger partial charge in [0.15, 0.2) is 11.5 Å². The van der Waals surface area contributed by atoms with E-state index in [9.17, 15) is 19.5 Å². The molecule has 2 aliphatic rings. The molecule has 0 unspecified atom stereocenters. The number of carbonyl (C=O) groups excluding carboxylic acids is 3. The van der Waals surface area contributed by atoms with Gasteiger partial charge in [0.1, 0.15) is 5.75 Å². The van der Waals surface area contributed by atoms with Crippen LogP contribution in [0.3, 0.4) is 0 Å². The number of nitrogens with one attached hydrogen (secondary N) is 1. The lowest BCUT2D eigenvalue weighted by Crippen LogP contribution is -2.58. The number of nitrogens with zero attached hydrogens (tertiary/aromatic N) is 2. The van der Waals surface area contributed by atoms with Crippen molar-refractivity contribution in [3.63, 3.8) is 0 Å². The minimum atomic E-state index is -0.488. The lowest BCUT2D eigenvalue weighted by atomic mass is 10.0. The van der Waals surface area contributed by atoms with Crippen LogP contribution in [0.15, 0.2) is 53.9 Å². The molecule has 234 valence electrons. The standard InChI is InChI=1S/C33H39N3O7S/c1-21(2)30-16-24(20-44-30)33(40)36-12-10-27-26(17-36)34-31(38)18-35(11-5-13-37)32(39)23-8-9-28(41-3)29(15-23)43-25-7-4-6-22(14-25)19-42-27/h4,6-9,14-16,20-21,26-27,37H,5,10-13,17-19H2,1-3H3,(H,34,38)/t26-,27-/m0/s1. The molecule has 3 amide bonds. The predicted molar refractivity (Wildman–Crippen MR) is 167 cm³/mol. The Morgan fingerprint density at radius 3 is 2.77 bits per heavy atom. The Kier molecular flexibility index (Phi) is 10.2. The fraction of sp³-hybridized carbons (Fsp3) is 0.424. The number of likely N-dealkylation sites (tertiary alicyclic amines) is 1.